The molecule has 80 valence electrons. The highest BCUT2D eigenvalue weighted by atomic mass is 16.8. The SMILES string of the molecule is O=C(O)c1cccc([NH+]([O-])O)c1C(=O)O. The maximum atomic E-state index is 10.7. The van der Waals surface area contributed by atoms with Gasteiger partial charge in [-0.2, -0.15) is 5.23 Å². The topological polar surface area (TPSA) is 122 Å². The molecule has 0 saturated heterocycles. The molecular weight excluding hydrogens is 206 g/mol. The second kappa shape index (κ2) is 4.05. The first-order valence-corrected chi connectivity index (χ1v) is 3.78. The molecule has 0 aliphatic heterocycles. The van der Waals surface area contributed by atoms with E-state index < -0.39 is 34.0 Å². The van der Waals surface area contributed by atoms with E-state index in [9.17, 15) is 14.8 Å². The average Bonchev–Trinajstić information content (AvgIpc) is 2.16. The fraction of sp³-hybridized carbons (Fsp3) is 0. The number of aromatic carboxylic acids is 2. The van der Waals surface area contributed by atoms with Crippen molar-refractivity contribution in [2.75, 3.05) is 0 Å². The number of carbonyl (C=O) groups is 2. The minimum Gasteiger partial charge on any atom is -0.595 e. The third kappa shape index (κ3) is 2.10. The van der Waals surface area contributed by atoms with E-state index in [0.29, 0.717) is 0 Å². The Labute approximate surface area is 83.3 Å². The highest BCUT2D eigenvalue weighted by Gasteiger charge is 2.23. The Balaban J connectivity index is 3.48. The molecular formula is C8H7NO6. The second-order valence-corrected chi connectivity index (χ2v) is 2.64. The Hall–Kier alpha value is -1.96. The molecule has 1 aromatic rings. The summed E-state index contributed by atoms with van der Waals surface area (Å²) in [6.07, 6.45) is 0. The van der Waals surface area contributed by atoms with Crippen LogP contribution in [0.4, 0.5) is 5.69 Å². The van der Waals surface area contributed by atoms with Gasteiger partial charge in [0, 0.05) is 6.07 Å². The van der Waals surface area contributed by atoms with Gasteiger partial charge < -0.3 is 15.4 Å². The zero-order valence-electron chi connectivity index (χ0n) is 7.30. The van der Waals surface area contributed by atoms with Crippen LogP contribution in [0.15, 0.2) is 18.2 Å². The van der Waals surface area contributed by atoms with E-state index in [1.54, 1.807) is 0 Å². The quantitative estimate of drug-likeness (QED) is 0.501. The molecule has 0 saturated carbocycles. The molecule has 4 N–H and O–H groups in total. The van der Waals surface area contributed by atoms with Gasteiger partial charge in [-0.3, -0.25) is 0 Å². The largest absolute Gasteiger partial charge is 0.595 e. The van der Waals surface area contributed by atoms with Crippen LogP contribution in [0, 0.1) is 5.21 Å². The fourth-order valence-electron chi connectivity index (χ4n) is 1.14. The van der Waals surface area contributed by atoms with E-state index in [0.717, 1.165) is 12.1 Å². The lowest BCUT2D eigenvalue weighted by Crippen LogP contribution is -2.99. The van der Waals surface area contributed by atoms with Crippen LogP contribution in [-0.2, 0) is 0 Å². The minimum absolute atomic E-state index is 0.539. The zero-order valence-corrected chi connectivity index (χ0v) is 7.30. The van der Waals surface area contributed by atoms with Crippen molar-refractivity contribution < 1.29 is 30.2 Å². The standard InChI is InChI=1S/C8H7NO6/c10-7(11)4-2-1-3-5(9(14)15)6(4)8(12)13/h1-3,9,14H,(H,10,11)(H,12,13). The van der Waals surface area contributed by atoms with Gasteiger partial charge in [-0.15, -0.1) is 0 Å². The number of carboxylic acids is 2. The van der Waals surface area contributed by atoms with Crippen LogP contribution in [0.3, 0.4) is 0 Å². The molecule has 0 spiro atoms. The van der Waals surface area contributed by atoms with E-state index >= 15 is 0 Å². The molecule has 7 heteroatoms. The second-order valence-electron chi connectivity index (χ2n) is 2.64. The molecule has 0 radical (unpaired) electrons. The molecule has 1 rings (SSSR count). The van der Waals surface area contributed by atoms with E-state index in [-0.39, 0.29) is 0 Å². The number of hydrogen-bond donors (Lipinski definition) is 4. The molecule has 0 aliphatic rings. The van der Waals surface area contributed by atoms with Crippen molar-refractivity contribution in [3.63, 3.8) is 0 Å². The molecule has 0 aliphatic carbocycles. The maximum absolute atomic E-state index is 10.7. The van der Waals surface area contributed by atoms with Crippen LogP contribution in [-0.4, -0.2) is 27.4 Å². The highest BCUT2D eigenvalue weighted by Crippen LogP contribution is 2.16. The van der Waals surface area contributed by atoms with Crippen LogP contribution in [0.2, 0.25) is 0 Å². The summed E-state index contributed by atoms with van der Waals surface area (Å²) in [5, 5.41) is 35.2. The van der Waals surface area contributed by atoms with Crippen molar-refractivity contribution in [3.8, 4) is 0 Å². The van der Waals surface area contributed by atoms with Crippen LogP contribution >= 0.6 is 0 Å². The van der Waals surface area contributed by atoms with Crippen molar-refractivity contribution in [2.24, 2.45) is 0 Å². The van der Waals surface area contributed by atoms with Crippen molar-refractivity contribution in [1.82, 2.24) is 0 Å². The van der Waals surface area contributed by atoms with Gasteiger partial charge in [0.25, 0.3) is 0 Å². The van der Waals surface area contributed by atoms with Gasteiger partial charge in [0.05, 0.1) is 5.56 Å². The normalized spacial score (nSPS) is 12.1. The molecule has 1 unspecified atom stereocenters. The lowest BCUT2D eigenvalue weighted by Gasteiger charge is -2.14. The fourth-order valence-corrected chi connectivity index (χ4v) is 1.14. The molecule has 0 heterocycles. The predicted molar refractivity (Wildman–Crippen MR) is 46.1 cm³/mol. The van der Waals surface area contributed by atoms with Crippen molar-refractivity contribution in [1.29, 1.82) is 0 Å². The summed E-state index contributed by atoms with van der Waals surface area (Å²) >= 11 is 0. The Morgan fingerprint density at radius 3 is 2.20 bits per heavy atom. The molecule has 7 nitrogen and oxygen atoms in total. The summed E-state index contributed by atoms with van der Waals surface area (Å²) in [5.41, 5.74) is -1.79. The van der Waals surface area contributed by atoms with Gasteiger partial charge in [-0.05, 0) is 6.07 Å². The Morgan fingerprint density at radius 1 is 1.20 bits per heavy atom. The first-order chi connectivity index (χ1) is 6.95. The zero-order chi connectivity index (χ0) is 11.6. The Bertz CT molecular complexity index is 414. The Morgan fingerprint density at radius 2 is 1.80 bits per heavy atom. The van der Waals surface area contributed by atoms with E-state index in [1.807, 2.05) is 0 Å². The third-order valence-corrected chi connectivity index (χ3v) is 1.74. The molecule has 0 amide bonds. The highest BCUT2D eigenvalue weighted by molar-refractivity contribution is 6.04. The molecule has 15 heavy (non-hydrogen) atoms. The van der Waals surface area contributed by atoms with Crippen LogP contribution in [0.1, 0.15) is 20.7 Å². The van der Waals surface area contributed by atoms with E-state index in [4.69, 9.17) is 15.4 Å². The third-order valence-electron chi connectivity index (χ3n) is 1.74. The summed E-state index contributed by atoms with van der Waals surface area (Å²) in [4.78, 5) is 21.4. The number of benzene rings is 1. The number of quaternary nitrogens is 1. The number of nitrogens with one attached hydrogen (secondary N) is 1. The average molecular weight is 213 g/mol. The van der Waals surface area contributed by atoms with Crippen molar-refractivity contribution >= 4 is 17.6 Å². The van der Waals surface area contributed by atoms with Gasteiger partial charge in [0.15, 0.2) is 5.69 Å². The lowest BCUT2D eigenvalue weighted by atomic mass is 10.1. The number of hydrogen-bond acceptors (Lipinski definition) is 4. The van der Waals surface area contributed by atoms with Gasteiger partial charge in [-0.25, -0.2) is 14.8 Å². The molecule has 1 aromatic carbocycles. The number of carboxylic acid groups (broad SMARTS) is 2. The van der Waals surface area contributed by atoms with Crippen molar-refractivity contribution in [2.45, 2.75) is 0 Å². The predicted octanol–water partition coefficient (Wildman–Crippen LogP) is -0.514. The van der Waals surface area contributed by atoms with Gasteiger partial charge in [0.2, 0.25) is 0 Å². The number of rotatable bonds is 3. The van der Waals surface area contributed by atoms with E-state index in [1.165, 1.54) is 6.07 Å². The molecule has 0 bridgehead atoms. The summed E-state index contributed by atoms with van der Waals surface area (Å²) in [5.74, 6) is -3.05. The first kappa shape index (κ1) is 11.1. The van der Waals surface area contributed by atoms with Gasteiger partial charge >= 0.3 is 11.9 Å². The molecule has 1 atom stereocenters. The van der Waals surface area contributed by atoms with Crippen LogP contribution < -0.4 is 5.23 Å². The van der Waals surface area contributed by atoms with Crippen LogP contribution in [0.25, 0.3) is 0 Å². The Kier molecular flexibility index (Phi) is 3.00. The van der Waals surface area contributed by atoms with Crippen molar-refractivity contribution in [3.05, 3.63) is 34.5 Å². The smallest absolute Gasteiger partial charge is 0.342 e. The van der Waals surface area contributed by atoms with Gasteiger partial charge in [0.1, 0.15) is 5.56 Å². The van der Waals surface area contributed by atoms with Crippen LogP contribution in [0.5, 0.6) is 0 Å². The van der Waals surface area contributed by atoms with E-state index in [2.05, 4.69) is 0 Å². The lowest BCUT2D eigenvalue weighted by molar-refractivity contribution is -0.991. The summed E-state index contributed by atoms with van der Waals surface area (Å²) in [6, 6.07) is 3.26. The maximum Gasteiger partial charge on any atom is 0.342 e. The molecule has 0 fully saturated rings. The summed E-state index contributed by atoms with van der Waals surface area (Å²) in [6.45, 7) is 0. The monoisotopic (exact) mass is 213 g/mol. The summed E-state index contributed by atoms with van der Waals surface area (Å²) in [7, 11) is 0. The van der Waals surface area contributed by atoms with Gasteiger partial charge in [-0.1, -0.05) is 6.07 Å². The minimum atomic E-state index is -1.58. The first-order valence-electron chi connectivity index (χ1n) is 3.78. The summed E-state index contributed by atoms with van der Waals surface area (Å²) < 4.78 is 0. The molecule has 0 aromatic heterocycles.